The summed E-state index contributed by atoms with van der Waals surface area (Å²) in [6, 6.07) is 0. The molecule has 3 rings (SSSR count). The molecule has 3 heteroatoms. The van der Waals surface area contributed by atoms with Crippen LogP contribution < -0.4 is 0 Å². The lowest BCUT2D eigenvalue weighted by molar-refractivity contribution is -0.0134. The molecule has 0 bridgehead atoms. The molecule has 0 aromatic rings. The molecule has 2 aliphatic carbocycles. The summed E-state index contributed by atoms with van der Waals surface area (Å²) in [6.45, 7) is 2.62. The van der Waals surface area contributed by atoms with Crippen LogP contribution in [0, 0.1) is 29.6 Å². The molecule has 0 aromatic carbocycles. The Balaban J connectivity index is 1.30. The highest BCUT2D eigenvalue weighted by Gasteiger charge is 2.30. The van der Waals surface area contributed by atoms with Gasteiger partial charge in [0.2, 0.25) is 0 Å². The topological polar surface area (TPSA) is 9.23 Å². The van der Waals surface area contributed by atoms with Gasteiger partial charge in [-0.15, -0.1) is 0 Å². The monoisotopic (exact) mass is 380 g/mol. The molecule has 3 fully saturated rings. The third-order valence-electron chi connectivity index (χ3n) is 7.50. The summed E-state index contributed by atoms with van der Waals surface area (Å²) >= 11 is 0. The van der Waals surface area contributed by atoms with Gasteiger partial charge in [-0.1, -0.05) is 25.0 Å². The summed E-state index contributed by atoms with van der Waals surface area (Å²) < 4.78 is 30.5. The molecule has 2 unspecified atom stereocenters. The molecular weight excluding hydrogens is 342 g/mol. The molecule has 1 saturated heterocycles. The fraction of sp³-hybridized carbons (Fsp3) is 0.833. The van der Waals surface area contributed by atoms with E-state index in [2.05, 4.69) is 19.1 Å². The minimum absolute atomic E-state index is 0.0791. The van der Waals surface area contributed by atoms with Gasteiger partial charge in [-0.05, 0) is 101 Å². The van der Waals surface area contributed by atoms with E-state index in [1.165, 1.54) is 57.8 Å². The molecular formula is C24H38F2O. The summed E-state index contributed by atoms with van der Waals surface area (Å²) in [5.41, 5.74) is 0. The lowest BCUT2D eigenvalue weighted by Gasteiger charge is -2.38. The normalized spacial score (nSPS) is 38.0. The van der Waals surface area contributed by atoms with E-state index < -0.39 is 6.08 Å². The summed E-state index contributed by atoms with van der Waals surface area (Å²) in [4.78, 5) is 0. The van der Waals surface area contributed by atoms with Gasteiger partial charge in [0.25, 0.3) is 6.08 Å². The molecule has 1 heterocycles. The maximum absolute atomic E-state index is 12.3. The van der Waals surface area contributed by atoms with Crippen LogP contribution in [0.5, 0.6) is 0 Å². The Morgan fingerprint density at radius 1 is 0.815 bits per heavy atom. The van der Waals surface area contributed by atoms with Gasteiger partial charge in [0.05, 0.1) is 12.7 Å². The lowest BCUT2D eigenvalue weighted by atomic mass is 9.68. The Bertz CT molecular complexity index is 473. The van der Waals surface area contributed by atoms with E-state index in [1.54, 1.807) is 0 Å². The van der Waals surface area contributed by atoms with E-state index in [9.17, 15) is 8.78 Å². The predicted molar refractivity (Wildman–Crippen MR) is 108 cm³/mol. The van der Waals surface area contributed by atoms with Gasteiger partial charge in [0, 0.05) is 5.92 Å². The van der Waals surface area contributed by atoms with Crippen molar-refractivity contribution in [2.45, 2.75) is 90.1 Å². The lowest BCUT2D eigenvalue weighted by Crippen LogP contribution is -2.27. The zero-order valence-corrected chi connectivity index (χ0v) is 17.1. The minimum atomic E-state index is -1.56. The number of hydrogen-bond donors (Lipinski definition) is 0. The average Bonchev–Trinajstić information content (AvgIpc) is 2.68. The van der Waals surface area contributed by atoms with Crippen LogP contribution in [-0.2, 0) is 4.74 Å². The maximum atomic E-state index is 12.3. The maximum Gasteiger partial charge on any atom is 0.266 e. The van der Waals surface area contributed by atoms with E-state index in [1.807, 2.05) is 0 Å². The molecule has 154 valence electrons. The highest BCUT2D eigenvalue weighted by molar-refractivity contribution is 4.92. The van der Waals surface area contributed by atoms with E-state index in [0.29, 0.717) is 12.7 Å². The molecule has 0 N–H and O–H groups in total. The fourth-order valence-electron chi connectivity index (χ4n) is 5.81. The van der Waals surface area contributed by atoms with E-state index >= 15 is 0 Å². The Hall–Kier alpha value is -0.700. The molecule has 0 amide bonds. The van der Waals surface area contributed by atoms with Gasteiger partial charge >= 0.3 is 0 Å². The quantitative estimate of drug-likeness (QED) is 0.433. The molecule has 1 aliphatic heterocycles. The Morgan fingerprint density at radius 3 is 2.00 bits per heavy atom. The van der Waals surface area contributed by atoms with Crippen molar-refractivity contribution in [1.29, 1.82) is 0 Å². The smallest absolute Gasteiger partial charge is 0.266 e. The summed E-state index contributed by atoms with van der Waals surface area (Å²) in [6.07, 6.45) is 20.0. The van der Waals surface area contributed by atoms with Gasteiger partial charge in [-0.2, -0.15) is 8.78 Å². The second-order valence-corrected chi connectivity index (χ2v) is 9.31. The third kappa shape index (κ3) is 6.69. The van der Waals surface area contributed by atoms with Crippen molar-refractivity contribution in [3.8, 4) is 0 Å². The van der Waals surface area contributed by atoms with E-state index in [-0.39, 0.29) is 5.92 Å². The second kappa shape index (κ2) is 10.7. The van der Waals surface area contributed by atoms with Gasteiger partial charge in [-0.25, -0.2) is 0 Å². The molecule has 0 radical (unpaired) electrons. The molecule has 2 saturated carbocycles. The molecule has 1 nitrogen and oxygen atoms in total. The van der Waals surface area contributed by atoms with Crippen LogP contribution in [0.2, 0.25) is 0 Å². The van der Waals surface area contributed by atoms with Crippen LogP contribution in [0.15, 0.2) is 24.3 Å². The number of rotatable bonds is 6. The molecule has 0 spiro atoms. The van der Waals surface area contributed by atoms with Crippen LogP contribution >= 0.6 is 0 Å². The van der Waals surface area contributed by atoms with Crippen molar-refractivity contribution in [3.63, 3.8) is 0 Å². The van der Waals surface area contributed by atoms with Crippen LogP contribution in [0.3, 0.4) is 0 Å². The van der Waals surface area contributed by atoms with Crippen molar-refractivity contribution in [2.75, 3.05) is 6.61 Å². The first-order valence-corrected chi connectivity index (χ1v) is 11.4. The third-order valence-corrected chi connectivity index (χ3v) is 7.50. The first kappa shape index (κ1) is 21.0. The second-order valence-electron chi connectivity index (χ2n) is 9.31. The van der Waals surface area contributed by atoms with Crippen molar-refractivity contribution in [3.05, 3.63) is 24.3 Å². The van der Waals surface area contributed by atoms with E-state index in [4.69, 9.17) is 4.74 Å². The standard InChI is InChI=1S/C24H38F2O/c1-2-3-18-4-10-21(11-5-18)22-12-6-19(7-13-22)8-14-23-15-9-20(17-27-23)16-24(25)26/h2-3,16,18-23H,4-15,17H2,1H3. The van der Waals surface area contributed by atoms with Crippen LogP contribution in [0.4, 0.5) is 8.78 Å². The van der Waals surface area contributed by atoms with Gasteiger partial charge in [0.15, 0.2) is 0 Å². The predicted octanol–water partition coefficient (Wildman–Crippen LogP) is 7.53. The highest BCUT2D eigenvalue weighted by atomic mass is 19.3. The van der Waals surface area contributed by atoms with E-state index in [0.717, 1.165) is 49.0 Å². The fourth-order valence-corrected chi connectivity index (χ4v) is 5.81. The first-order chi connectivity index (χ1) is 13.1. The molecule has 0 aromatic heterocycles. The first-order valence-electron chi connectivity index (χ1n) is 11.4. The highest BCUT2D eigenvalue weighted by Crippen LogP contribution is 2.42. The van der Waals surface area contributed by atoms with Crippen molar-refractivity contribution in [2.24, 2.45) is 29.6 Å². The summed E-state index contributed by atoms with van der Waals surface area (Å²) in [5, 5.41) is 0. The Morgan fingerprint density at radius 2 is 1.44 bits per heavy atom. The van der Waals surface area contributed by atoms with Crippen LogP contribution in [0.25, 0.3) is 0 Å². The number of hydrogen-bond acceptors (Lipinski definition) is 1. The summed E-state index contributed by atoms with van der Waals surface area (Å²) in [5.74, 6) is 3.58. The molecule has 2 atom stereocenters. The van der Waals surface area contributed by atoms with Crippen LogP contribution in [0.1, 0.15) is 84.0 Å². The van der Waals surface area contributed by atoms with Crippen molar-refractivity contribution in [1.82, 2.24) is 0 Å². The Labute approximate surface area is 164 Å². The van der Waals surface area contributed by atoms with Crippen LogP contribution in [-0.4, -0.2) is 12.7 Å². The van der Waals surface area contributed by atoms with Gasteiger partial charge in [-0.3, -0.25) is 0 Å². The average molecular weight is 381 g/mol. The van der Waals surface area contributed by atoms with Crippen molar-refractivity contribution >= 4 is 0 Å². The van der Waals surface area contributed by atoms with Gasteiger partial charge in [0.1, 0.15) is 0 Å². The molecule has 27 heavy (non-hydrogen) atoms. The summed E-state index contributed by atoms with van der Waals surface area (Å²) in [7, 11) is 0. The SMILES string of the molecule is CC=CC1CCC(C2CCC(CCC3CCC(C=C(F)F)CO3)CC2)CC1. The largest absolute Gasteiger partial charge is 0.378 e. The van der Waals surface area contributed by atoms with Gasteiger partial charge < -0.3 is 4.74 Å². The minimum Gasteiger partial charge on any atom is -0.378 e. The zero-order chi connectivity index (χ0) is 19.1. The number of halogens is 2. The zero-order valence-electron chi connectivity index (χ0n) is 17.1. The number of ether oxygens (including phenoxy) is 1. The Kier molecular flexibility index (Phi) is 8.36. The molecule has 3 aliphatic rings. The van der Waals surface area contributed by atoms with Crippen molar-refractivity contribution < 1.29 is 13.5 Å². The number of allylic oxidation sites excluding steroid dienone is 2.